The van der Waals surface area contributed by atoms with Gasteiger partial charge >= 0.3 is 0 Å². The molecule has 2 fully saturated rings. The van der Waals surface area contributed by atoms with E-state index in [1.807, 2.05) is 25.1 Å². The van der Waals surface area contributed by atoms with E-state index in [4.69, 9.17) is 9.47 Å². The number of aliphatic hydroxyl groups is 1. The van der Waals surface area contributed by atoms with Crippen molar-refractivity contribution in [3.05, 3.63) is 101 Å². The maximum Gasteiger partial charge on any atom is 0.295 e. The van der Waals surface area contributed by atoms with Gasteiger partial charge in [0.05, 0.1) is 24.8 Å². The van der Waals surface area contributed by atoms with Crippen molar-refractivity contribution < 1.29 is 29.3 Å². The summed E-state index contributed by atoms with van der Waals surface area (Å²) in [6, 6.07) is 20.5. The predicted octanol–water partition coefficient (Wildman–Crippen LogP) is 4.03. The van der Waals surface area contributed by atoms with E-state index in [1.165, 1.54) is 17.0 Å². The molecule has 8 heteroatoms. The van der Waals surface area contributed by atoms with Crippen LogP contribution in [0.3, 0.4) is 0 Å². The lowest BCUT2D eigenvalue weighted by molar-refractivity contribution is -0.140. The average Bonchev–Trinajstić information content (AvgIpc) is 3.20. The van der Waals surface area contributed by atoms with Crippen molar-refractivity contribution in [2.45, 2.75) is 19.6 Å². The molecule has 0 bridgehead atoms. The fraction of sp³-hybridized carbons (Fsp3) is 0.290. The number of nitrogens with zero attached hydrogens (tertiary/aromatic N) is 2. The predicted molar refractivity (Wildman–Crippen MR) is 146 cm³/mol. The molecular formula is C31H32N2O6. The van der Waals surface area contributed by atoms with Crippen LogP contribution in [-0.2, 0) is 20.9 Å². The molecule has 2 heterocycles. The fourth-order valence-electron chi connectivity index (χ4n) is 5.06. The monoisotopic (exact) mass is 528 g/mol. The summed E-state index contributed by atoms with van der Waals surface area (Å²) in [6.45, 7) is 6.04. The number of phenolic OH excluding ortho intramolecular Hbond substituents is 1. The van der Waals surface area contributed by atoms with Gasteiger partial charge in [0, 0.05) is 31.7 Å². The quantitative estimate of drug-likeness (QED) is 0.259. The third-order valence-corrected chi connectivity index (χ3v) is 7.10. The number of benzene rings is 3. The van der Waals surface area contributed by atoms with Crippen LogP contribution in [0.5, 0.6) is 11.5 Å². The first-order valence-corrected chi connectivity index (χ1v) is 13.1. The number of carbonyl (C=O) groups excluding carboxylic acids is 2. The van der Waals surface area contributed by atoms with Gasteiger partial charge in [-0.3, -0.25) is 14.5 Å². The molecule has 202 valence electrons. The largest absolute Gasteiger partial charge is 0.508 e. The van der Waals surface area contributed by atoms with Gasteiger partial charge in [0.25, 0.3) is 11.7 Å². The van der Waals surface area contributed by atoms with Crippen LogP contribution in [0, 0.1) is 6.92 Å². The molecule has 2 N–H and O–H groups in total. The molecule has 1 amide bonds. The minimum absolute atomic E-state index is 0.000932. The molecule has 0 aliphatic carbocycles. The van der Waals surface area contributed by atoms with Crippen molar-refractivity contribution in [3.63, 3.8) is 0 Å². The van der Waals surface area contributed by atoms with Crippen LogP contribution in [0.2, 0.25) is 0 Å². The van der Waals surface area contributed by atoms with Crippen LogP contribution in [-0.4, -0.2) is 71.1 Å². The number of aryl methyl sites for hydroxylation is 1. The maximum atomic E-state index is 13.3. The van der Waals surface area contributed by atoms with E-state index in [0.717, 1.165) is 24.2 Å². The normalized spacial score (nSPS) is 19.4. The second-order valence-electron chi connectivity index (χ2n) is 9.84. The molecular weight excluding hydrogens is 496 g/mol. The minimum atomic E-state index is -0.824. The standard InChI is InChI=1S/C31H32N2O6/c1-21-4-2-5-22(18-21)20-39-26-10-8-23(9-11-26)29(35)27-28(24-6-3-7-25(34)19-24)33(31(37)30(27)36)13-12-32-14-16-38-17-15-32/h2-11,18-19,28,34-35H,12-17,20H2,1H3. The highest BCUT2D eigenvalue weighted by atomic mass is 16.5. The number of rotatable bonds is 8. The first-order valence-electron chi connectivity index (χ1n) is 13.1. The zero-order chi connectivity index (χ0) is 27.4. The Kier molecular flexibility index (Phi) is 7.95. The lowest BCUT2D eigenvalue weighted by Crippen LogP contribution is -2.42. The molecule has 5 rings (SSSR count). The highest BCUT2D eigenvalue weighted by Gasteiger charge is 2.46. The van der Waals surface area contributed by atoms with Gasteiger partial charge in [-0.05, 0) is 54.4 Å². The molecule has 0 aromatic heterocycles. The summed E-state index contributed by atoms with van der Waals surface area (Å²) in [5.41, 5.74) is 3.15. The van der Waals surface area contributed by atoms with E-state index in [2.05, 4.69) is 11.0 Å². The smallest absolute Gasteiger partial charge is 0.295 e. The van der Waals surface area contributed by atoms with Gasteiger partial charge in [-0.2, -0.15) is 0 Å². The van der Waals surface area contributed by atoms with Crippen LogP contribution < -0.4 is 4.74 Å². The van der Waals surface area contributed by atoms with E-state index in [-0.39, 0.29) is 17.1 Å². The van der Waals surface area contributed by atoms with Crippen molar-refractivity contribution in [1.82, 2.24) is 9.80 Å². The molecule has 2 aliphatic heterocycles. The van der Waals surface area contributed by atoms with E-state index in [0.29, 0.717) is 49.8 Å². The summed E-state index contributed by atoms with van der Waals surface area (Å²) in [7, 11) is 0. The van der Waals surface area contributed by atoms with E-state index >= 15 is 0 Å². The Labute approximate surface area is 227 Å². The van der Waals surface area contributed by atoms with Crippen molar-refractivity contribution in [2.75, 3.05) is 39.4 Å². The third-order valence-electron chi connectivity index (χ3n) is 7.10. The molecule has 39 heavy (non-hydrogen) atoms. The van der Waals surface area contributed by atoms with E-state index < -0.39 is 17.7 Å². The number of hydrogen-bond acceptors (Lipinski definition) is 7. The molecule has 8 nitrogen and oxygen atoms in total. The topological polar surface area (TPSA) is 99.5 Å². The van der Waals surface area contributed by atoms with Crippen LogP contribution >= 0.6 is 0 Å². The number of likely N-dealkylation sites (tertiary alicyclic amines) is 1. The first kappa shape index (κ1) is 26.5. The summed E-state index contributed by atoms with van der Waals surface area (Å²) >= 11 is 0. The summed E-state index contributed by atoms with van der Waals surface area (Å²) in [6.07, 6.45) is 0. The number of ketones is 1. The van der Waals surface area contributed by atoms with Crippen molar-refractivity contribution >= 4 is 17.4 Å². The molecule has 3 aromatic carbocycles. The van der Waals surface area contributed by atoms with Gasteiger partial charge in [0.1, 0.15) is 23.9 Å². The van der Waals surface area contributed by atoms with Crippen LogP contribution in [0.25, 0.3) is 5.76 Å². The number of aromatic hydroxyl groups is 1. The fourth-order valence-corrected chi connectivity index (χ4v) is 5.06. The maximum absolute atomic E-state index is 13.3. The zero-order valence-electron chi connectivity index (χ0n) is 21.9. The Hall–Kier alpha value is -4.14. The molecule has 2 saturated heterocycles. The van der Waals surface area contributed by atoms with Gasteiger partial charge in [0.15, 0.2) is 0 Å². The van der Waals surface area contributed by atoms with Gasteiger partial charge in [0.2, 0.25) is 0 Å². The van der Waals surface area contributed by atoms with Crippen molar-refractivity contribution in [3.8, 4) is 11.5 Å². The number of aliphatic hydroxyl groups excluding tert-OH is 1. The van der Waals surface area contributed by atoms with Crippen molar-refractivity contribution in [2.24, 2.45) is 0 Å². The van der Waals surface area contributed by atoms with Crippen LogP contribution in [0.1, 0.15) is 28.3 Å². The van der Waals surface area contributed by atoms with Crippen molar-refractivity contribution in [1.29, 1.82) is 0 Å². The number of phenols is 1. The van der Waals surface area contributed by atoms with Gasteiger partial charge in [-0.25, -0.2) is 0 Å². The third kappa shape index (κ3) is 5.97. The zero-order valence-corrected chi connectivity index (χ0v) is 21.9. The first-order chi connectivity index (χ1) is 18.9. The number of carbonyl (C=O) groups is 2. The van der Waals surface area contributed by atoms with Crippen LogP contribution in [0.15, 0.2) is 78.4 Å². The lowest BCUT2D eigenvalue weighted by atomic mass is 9.95. The summed E-state index contributed by atoms with van der Waals surface area (Å²) in [4.78, 5) is 30.1. The van der Waals surface area contributed by atoms with E-state index in [9.17, 15) is 19.8 Å². The highest BCUT2D eigenvalue weighted by Crippen LogP contribution is 2.40. The van der Waals surface area contributed by atoms with Gasteiger partial charge in [-0.15, -0.1) is 0 Å². The molecule has 0 saturated carbocycles. The van der Waals surface area contributed by atoms with E-state index in [1.54, 1.807) is 36.4 Å². The molecule has 1 atom stereocenters. The Bertz CT molecular complexity index is 1380. The molecule has 2 aliphatic rings. The molecule has 0 spiro atoms. The Morgan fingerprint density at radius 1 is 0.974 bits per heavy atom. The molecule has 3 aromatic rings. The summed E-state index contributed by atoms with van der Waals surface area (Å²) < 4.78 is 11.3. The average molecular weight is 529 g/mol. The summed E-state index contributed by atoms with van der Waals surface area (Å²) in [5.74, 6) is -1.05. The SMILES string of the molecule is Cc1cccc(COc2ccc(C(O)=C3C(=O)C(=O)N(CCN4CCOCC4)C3c3cccc(O)c3)cc2)c1. The second-order valence-corrected chi connectivity index (χ2v) is 9.84. The van der Waals surface area contributed by atoms with Gasteiger partial charge in [-0.1, -0.05) is 42.0 Å². The Balaban J connectivity index is 1.41. The minimum Gasteiger partial charge on any atom is -0.508 e. The number of amides is 1. The molecule has 0 radical (unpaired) electrons. The molecule has 1 unspecified atom stereocenters. The Morgan fingerprint density at radius 3 is 2.44 bits per heavy atom. The lowest BCUT2D eigenvalue weighted by Gasteiger charge is -2.31. The number of hydrogen-bond donors (Lipinski definition) is 2. The van der Waals surface area contributed by atoms with Crippen LogP contribution in [0.4, 0.5) is 0 Å². The number of ether oxygens (including phenoxy) is 2. The summed E-state index contributed by atoms with van der Waals surface area (Å²) in [5, 5.41) is 21.5. The number of morpholine rings is 1. The number of Topliss-reactive ketones (excluding diaryl/α,β-unsaturated/α-hetero) is 1. The highest BCUT2D eigenvalue weighted by molar-refractivity contribution is 6.46. The second kappa shape index (κ2) is 11.7. The Morgan fingerprint density at radius 2 is 1.72 bits per heavy atom. The van der Waals surface area contributed by atoms with Gasteiger partial charge < -0.3 is 24.6 Å².